The van der Waals surface area contributed by atoms with E-state index in [2.05, 4.69) is 58.7 Å². The summed E-state index contributed by atoms with van der Waals surface area (Å²) >= 11 is 2.30. The van der Waals surface area contributed by atoms with Crippen LogP contribution in [0.3, 0.4) is 0 Å². The van der Waals surface area contributed by atoms with Crippen LogP contribution in [-0.2, 0) is 21.4 Å². The molecule has 3 rings (SSSR count). The van der Waals surface area contributed by atoms with E-state index in [9.17, 15) is 9.59 Å². The van der Waals surface area contributed by atoms with Gasteiger partial charge in [-0.1, -0.05) is 79.8 Å². The van der Waals surface area contributed by atoms with Gasteiger partial charge in [0, 0.05) is 23.8 Å². The first-order valence-corrected chi connectivity index (χ1v) is 13.0. The molecule has 0 bridgehead atoms. The molecule has 1 amide bonds. The summed E-state index contributed by atoms with van der Waals surface area (Å²) < 4.78 is 5.93. The van der Waals surface area contributed by atoms with E-state index < -0.39 is 17.6 Å². The first-order chi connectivity index (χ1) is 16.3. The Morgan fingerprint density at radius 1 is 1.03 bits per heavy atom. The first kappa shape index (κ1) is 27.0. The van der Waals surface area contributed by atoms with Gasteiger partial charge in [0.15, 0.2) is 5.84 Å². The van der Waals surface area contributed by atoms with Gasteiger partial charge >= 0.3 is 5.97 Å². The molecule has 1 unspecified atom stereocenters. The largest absolute Gasteiger partial charge is 0.458 e. The summed E-state index contributed by atoms with van der Waals surface area (Å²) in [6.07, 6.45) is 2.21. The predicted octanol–water partition coefficient (Wildman–Crippen LogP) is 5.30. The van der Waals surface area contributed by atoms with Crippen molar-refractivity contribution in [1.29, 1.82) is 0 Å². The van der Waals surface area contributed by atoms with Crippen molar-refractivity contribution in [1.82, 2.24) is 5.32 Å². The van der Waals surface area contributed by atoms with Crippen LogP contribution in [0.2, 0.25) is 0 Å². The number of esters is 1. The van der Waals surface area contributed by atoms with Crippen LogP contribution in [0.5, 0.6) is 0 Å². The maximum absolute atomic E-state index is 13.0. The summed E-state index contributed by atoms with van der Waals surface area (Å²) in [5.74, 6) is -0.0621. The molecule has 0 spiro atoms. The maximum atomic E-state index is 13.0. The predicted molar refractivity (Wildman–Crippen MR) is 150 cm³/mol. The molecule has 0 saturated heterocycles. The molecule has 1 aliphatic heterocycles. The molecular weight excluding hydrogens is 553 g/mol. The quantitative estimate of drug-likeness (QED) is 0.283. The number of ether oxygens (including phenoxy) is 1. The first-order valence-electron chi connectivity index (χ1n) is 11.8. The molecule has 0 radical (unpaired) electrons. The molecule has 2 atom stereocenters. The Kier molecular flexibility index (Phi) is 8.51. The van der Waals surface area contributed by atoms with E-state index in [0.717, 1.165) is 16.7 Å². The summed E-state index contributed by atoms with van der Waals surface area (Å²) in [5, 5.41) is 2.88. The second-order valence-corrected chi connectivity index (χ2v) is 12.3. The van der Waals surface area contributed by atoms with Crippen LogP contribution in [0, 0.1) is 0 Å². The van der Waals surface area contributed by atoms with Gasteiger partial charge in [0.1, 0.15) is 11.6 Å². The fourth-order valence-electron chi connectivity index (χ4n) is 3.53. The number of aliphatic imine (C=N–C) groups is 2. The molecule has 0 fully saturated rings. The number of halogens is 1. The van der Waals surface area contributed by atoms with E-state index in [-0.39, 0.29) is 11.3 Å². The number of carbonyl (C=O) groups excluding carboxylic acids is 2. The minimum absolute atomic E-state index is 0.00735. The van der Waals surface area contributed by atoms with Crippen molar-refractivity contribution in [2.24, 2.45) is 9.98 Å². The van der Waals surface area contributed by atoms with Crippen LogP contribution in [0.15, 0.2) is 58.5 Å². The lowest BCUT2D eigenvalue weighted by Gasteiger charge is -2.25. The maximum Gasteiger partial charge on any atom is 0.329 e. The third-order valence-electron chi connectivity index (χ3n) is 5.44. The van der Waals surface area contributed by atoms with Gasteiger partial charge in [0.05, 0.1) is 10.5 Å². The molecule has 2 aromatic rings. The minimum Gasteiger partial charge on any atom is -0.458 e. The number of hydrogen-bond donors (Lipinski definition) is 1. The lowest BCUT2D eigenvalue weighted by molar-refractivity contribution is -0.157. The molecule has 0 saturated carbocycles. The molecule has 0 aliphatic carbocycles. The zero-order chi connectivity index (χ0) is 25.8. The number of amidine groups is 1. The standard InChI is InChI=1S/C28H34IN3O3/c1-27(2,3)21-13-11-20(12-14-21)25(33)32-23(26(34)35-28(4,5)6)15-18-7-9-19(10-8-18)24-30-16-22(29)17-31-24/h7-14,16,22-23H,15,17H2,1-6H3,(H,32,33)/t22?,23-/m0/s1. The lowest BCUT2D eigenvalue weighted by Crippen LogP contribution is -2.45. The van der Waals surface area contributed by atoms with E-state index in [1.165, 1.54) is 0 Å². The molecule has 0 aromatic heterocycles. The number of alkyl halides is 1. The molecule has 186 valence electrons. The van der Waals surface area contributed by atoms with Gasteiger partial charge in [-0.2, -0.15) is 0 Å². The van der Waals surface area contributed by atoms with Gasteiger partial charge in [0.25, 0.3) is 5.91 Å². The number of benzene rings is 2. The third kappa shape index (κ3) is 7.98. The normalized spacial score (nSPS) is 16.9. The van der Waals surface area contributed by atoms with Crippen LogP contribution in [0.4, 0.5) is 0 Å². The highest BCUT2D eigenvalue weighted by Gasteiger charge is 2.27. The molecule has 2 aromatic carbocycles. The van der Waals surface area contributed by atoms with E-state index in [0.29, 0.717) is 28.3 Å². The Morgan fingerprint density at radius 2 is 1.66 bits per heavy atom. The zero-order valence-corrected chi connectivity index (χ0v) is 23.4. The van der Waals surface area contributed by atoms with Crippen molar-refractivity contribution in [3.63, 3.8) is 0 Å². The van der Waals surface area contributed by atoms with Crippen LogP contribution >= 0.6 is 22.6 Å². The van der Waals surface area contributed by atoms with Gasteiger partial charge in [-0.15, -0.1) is 0 Å². The highest BCUT2D eigenvalue weighted by molar-refractivity contribution is 14.1. The van der Waals surface area contributed by atoms with Gasteiger partial charge in [-0.3, -0.25) is 9.79 Å². The summed E-state index contributed by atoms with van der Waals surface area (Å²) in [6.45, 7) is 12.5. The average molecular weight is 588 g/mol. The van der Waals surface area contributed by atoms with Crippen LogP contribution in [0.25, 0.3) is 0 Å². The minimum atomic E-state index is -0.820. The molecule has 7 heteroatoms. The number of amides is 1. The third-order valence-corrected chi connectivity index (χ3v) is 6.15. The van der Waals surface area contributed by atoms with Crippen molar-refractivity contribution in [2.45, 2.75) is 68.9 Å². The summed E-state index contributed by atoms with van der Waals surface area (Å²) in [4.78, 5) is 34.9. The number of rotatable bonds is 6. The molecule has 1 N–H and O–H groups in total. The fourth-order valence-corrected chi connectivity index (χ4v) is 3.89. The van der Waals surface area contributed by atoms with E-state index >= 15 is 0 Å². The SMILES string of the molecule is CC(C)(C)OC(=O)[C@H](Cc1ccc(C2=NCC(I)C=N2)cc1)NC(=O)c1ccc(C(C)(C)C)cc1. The van der Waals surface area contributed by atoms with Crippen LogP contribution < -0.4 is 5.32 Å². The zero-order valence-electron chi connectivity index (χ0n) is 21.3. The van der Waals surface area contributed by atoms with E-state index in [4.69, 9.17) is 4.74 Å². The Morgan fingerprint density at radius 3 is 2.17 bits per heavy atom. The molecule has 1 heterocycles. The van der Waals surface area contributed by atoms with Crippen LogP contribution in [0.1, 0.15) is 68.6 Å². The fraction of sp³-hybridized carbons (Fsp3) is 0.429. The van der Waals surface area contributed by atoms with E-state index in [1.807, 2.05) is 63.4 Å². The van der Waals surface area contributed by atoms with Crippen molar-refractivity contribution < 1.29 is 14.3 Å². The Balaban J connectivity index is 1.76. The van der Waals surface area contributed by atoms with E-state index in [1.54, 1.807) is 12.1 Å². The van der Waals surface area contributed by atoms with Crippen molar-refractivity contribution in [3.8, 4) is 0 Å². The highest BCUT2D eigenvalue weighted by atomic mass is 127. The topological polar surface area (TPSA) is 80.1 Å². The lowest BCUT2D eigenvalue weighted by atomic mass is 9.86. The van der Waals surface area contributed by atoms with Crippen molar-refractivity contribution in [3.05, 3.63) is 70.8 Å². The number of carbonyl (C=O) groups is 2. The molecule has 1 aliphatic rings. The molecular formula is C28H34IN3O3. The van der Waals surface area contributed by atoms with Crippen molar-refractivity contribution in [2.75, 3.05) is 6.54 Å². The Bertz CT molecular complexity index is 1110. The van der Waals surface area contributed by atoms with Crippen molar-refractivity contribution >= 4 is 46.5 Å². The molecule has 6 nitrogen and oxygen atoms in total. The van der Waals surface area contributed by atoms with Gasteiger partial charge < -0.3 is 10.1 Å². The number of hydrogen-bond acceptors (Lipinski definition) is 5. The highest BCUT2D eigenvalue weighted by Crippen LogP contribution is 2.22. The second-order valence-electron chi connectivity index (χ2n) is 10.7. The summed E-state index contributed by atoms with van der Waals surface area (Å²) in [6, 6.07) is 14.4. The summed E-state index contributed by atoms with van der Waals surface area (Å²) in [5.41, 5.74) is 2.80. The average Bonchev–Trinajstić information content (AvgIpc) is 2.78. The summed E-state index contributed by atoms with van der Waals surface area (Å²) in [7, 11) is 0. The molecule has 35 heavy (non-hydrogen) atoms. The smallest absolute Gasteiger partial charge is 0.329 e. The van der Waals surface area contributed by atoms with Gasteiger partial charge in [-0.05, 0) is 49.4 Å². The van der Waals surface area contributed by atoms with Crippen LogP contribution in [-0.4, -0.2) is 46.0 Å². The van der Waals surface area contributed by atoms with Gasteiger partial charge in [-0.25, -0.2) is 9.79 Å². The second kappa shape index (κ2) is 11.0. The number of nitrogens with one attached hydrogen (secondary N) is 1. The van der Waals surface area contributed by atoms with Gasteiger partial charge in [0.2, 0.25) is 0 Å². The Hall–Kier alpha value is -2.55. The Labute approximate surface area is 221 Å². The monoisotopic (exact) mass is 587 g/mol. The number of nitrogens with zero attached hydrogens (tertiary/aromatic N) is 2.